The van der Waals surface area contributed by atoms with Crippen LogP contribution in [-0.4, -0.2) is 21.3 Å². The lowest BCUT2D eigenvalue weighted by atomic mass is 9.77. The van der Waals surface area contributed by atoms with Crippen LogP contribution in [-0.2, 0) is 12.0 Å². The Hall–Kier alpha value is -0.900. The third-order valence-corrected chi connectivity index (χ3v) is 5.06. The summed E-state index contributed by atoms with van der Waals surface area (Å²) < 4.78 is 2.44. The topological polar surface area (TPSA) is 42.7 Å². The molecule has 0 amide bonds. The maximum atomic E-state index is 4.68. The van der Waals surface area contributed by atoms with E-state index in [2.05, 4.69) is 40.9 Å². The summed E-state index contributed by atoms with van der Waals surface area (Å²) in [6.07, 6.45) is 7.65. The van der Waals surface area contributed by atoms with Crippen molar-refractivity contribution in [3.8, 4) is 0 Å². The molecule has 1 aromatic heterocycles. The average molecular weight is 276 g/mol. The smallest absolute Gasteiger partial charge is 0.150 e. The zero-order chi connectivity index (χ0) is 14.2. The van der Waals surface area contributed by atoms with Crippen molar-refractivity contribution in [2.75, 3.05) is 6.54 Å². The molecule has 2 aliphatic rings. The molecule has 4 heteroatoms. The van der Waals surface area contributed by atoms with Crippen LogP contribution in [0.15, 0.2) is 0 Å². The number of hydrogen-bond acceptors (Lipinski definition) is 3. The van der Waals surface area contributed by atoms with Gasteiger partial charge in [0, 0.05) is 18.5 Å². The maximum Gasteiger partial charge on any atom is 0.150 e. The summed E-state index contributed by atoms with van der Waals surface area (Å²) >= 11 is 0. The molecule has 4 nitrogen and oxygen atoms in total. The SMILES string of the molecule is CCC1NCCn2c1nnc2C1(CC(C)C)CCCC1. The summed E-state index contributed by atoms with van der Waals surface area (Å²) in [6.45, 7) is 8.98. The molecule has 1 aliphatic heterocycles. The van der Waals surface area contributed by atoms with Gasteiger partial charge < -0.3 is 9.88 Å². The van der Waals surface area contributed by atoms with Crippen LogP contribution in [0.3, 0.4) is 0 Å². The van der Waals surface area contributed by atoms with E-state index >= 15 is 0 Å². The predicted octanol–water partition coefficient (Wildman–Crippen LogP) is 3.19. The lowest BCUT2D eigenvalue weighted by Crippen LogP contribution is -2.37. The molecule has 1 aromatic rings. The van der Waals surface area contributed by atoms with Crippen LogP contribution < -0.4 is 5.32 Å². The van der Waals surface area contributed by atoms with Gasteiger partial charge in [0.25, 0.3) is 0 Å². The van der Waals surface area contributed by atoms with Crippen molar-refractivity contribution in [1.29, 1.82) is 0 Å². The van der Waals surface area contributed by atoms with Gasteiger partial charge in [-0.25, -0.2) is 0 Å². The summed E-state index contributed by atoms with van der Waals surface area (Å²) in [5.41, 5.74) is 0.301. The van der Waals surface area contributed by atoms with E-state index in [1.165, 1.54) is 43.8 Å². The molecule has 1 saturated carbocycles. The van der Waals surface area contributed by atoms with Gasteiger partial charge in [-0.2, -0.15) is 0 Å². The Kier molecular flexibility index (Phi) is 3.85. The van der Waals surface area contributed by atoms with E-state index in [4.69, 9.17) is 0 Å². The molecule has 0 bridgehead atoms. The van der Waals surface area contributed by atoms with Gasteiger partial charge in [0.2, 0.25) is 0 Å². The molecule has 1 unspecified atom stereocenters. The van der Waals surface area contributed by atoms with Gasteiger partial charge in [0.1, 0.15) is 11.6 Å². The molecule has 1 atom stereocenters. The van der Waals surface area contributed by atoms with Gasteiger partial charge in [-0.15, -0.1) is 10.2 Å². The van der Waals surface area contributed by atoms with Gasteiger partial charge in [-0.1, -0.05) is 33.6 Å². The minimum atomic E-state index is 0.301. The highest BCUT2D eigenvalue weighted by Gasteiger charge is 2.41. The van der Waals surface area contributed by atoms with Gasteiger partial charge in [0.15, 0.2) is 0 Å². The first kappa shape index (κ1) is 14.1. The second-order valence-corrected chi connectivity index (χ2v) is 7.03. The molecule has 0 aromatic carbocycles. The fourth-order valence-corrected chi connectivity index (χ4v) is 4.31. The summed E-state index contributed by atoms with van der Waals surface area (Å²) in [5.74, 6) is 3.19. The van der Waals surface area contributed by atoms with Crippen LogP contribution in [0.2, 0.25) is 0 Å². The highest BCUT2D eigenvalue weighted by Crippen LogP contribution is 2.45. The van der Waals surface area contributed by atoms with Crippen LogP contribution in [0.25, 0.3) is 0 Å². The molecule has 0 saturated heterocycles. The number of fused-ring (bicyclic) bond motifs is 1. The van der Waals surface area contributed by atoms with Crippen molar-refractivity contribution in [2.45, 2.75) is 77.3 Å². The average Bonchev–Trinajstić information content (AvgIpc) is 3.04. The fraction of sp³-hybridized carbons (Fsp3) is 0.875. The Morgan fingerprint density at radius 1 is 1.30 bits per heavy atom. The van der Waals surface area contributed by atoms with Crippen LogP contribution in [0.5, 0.6) is 0 Å². The lowest BCUT2D eigenvalue weighted by molar-refractivity contribution is 0.304. The first-order chi connectivity index (χ1) is 9.66. The van der Waals surface area contributed by atoms with Crippen LogP contribution >= 0.6 is 0 Å². The largest absolute Gasteiger partial charge is 0.312 e. The zero-order valence-corrected chi connectivity index (χ0v) is 13.2. The third kappa shape index (κ3) is 2.28. The van der Waals surface area contributed by atoms with E-state index in [0.29, 0.717) is 11.5 Å². The number of aromatic nitrogens is 3. The van der Waals surface area contributed by atoms with Crippen LogP contribution in [0.1, 0.15) is 77.0 Å². The first-order valence-electron chi connectivity index (χ1n) is 8.33. The molecule has 1 N–H and O–H groups in total. The van der Waals surface area contributed by atoms with Gasteiger partial charge >= 0.3 is 0 Å². The number of nitrogens with one attached hydrogen (secondary N) is 1. The molecule has 1 fully saturated rings. The second-order valence-electron chi connectivity index (χ2n) is 7.03. The third-order valence-electron chi connectivity index (χ3n) is 5.06. The van der Waals surface area contributed by atoms with Crippen molar-refractivity contribution in [3.63, 3.8) is 0 Å². The second kappa shape index (κ2) is 5.47. The predicted molar refractivity (Wildman–Crippen MR) is 80.7 cm³/mol. The van der Waals surface area contributed by atoms with E-state index in [1.807, 2.05) is 0 Å². The highest BCUT2D eigenvalue weighted by molar-refractivity contribution is 5.16. The van der Waals surface area contributed by atoms with Crippen molar-refractivity contribution >= 4 is 0 Å². The summed E-state index contributed by atoms with van der Waals surface area (Å²) in [7, 11) is 0. The van der Waals surface area contributed by atoms with Crippen LogP contribution in [0, 0.1) is 5.92 Å². The van der Waals surface area contributed by atoms with E-state index in [0.717, 1.165) is 25.4 Å². The molecular formula is C16H28N4. The summed E-state index contributed by atoms with van der Waals surface area (Å²) in [6, 6.07) is 0.391. The Labute approximate surface area is 122 Å². The molecule has 20 heavy (non-hydrogen) atoms. The monoisotopic (exact) mass is 276 g/mol. The normalized spacial score (nSPS) is 25.1. The quantitative estimate of drug-likeness (QED) is 0.918. The Morgan fingerprint density at radius 2 is 2.05 bits per heavy atom. The minimum absolute atomic E-state index is 0.301. The first-order valence-corrected chi connectivity index (χ1v) is 8.33. The molecule has 0 radical (unpaired) electrons. The van der Waals surface area contributed by atoms with Crippen molar-refractivity contribution in [2.24, 2.45) is 5.92 Å². The standard InChI is InChI=1S/C16H28N4/c1-4-13-14-18-19-15(20(14)10-9-17-13)16(11-12(2)3)7-5-6-8-16/h12-13,17H,4-11H2,1-3H3. The van der Waals surface area contributed by atoms with Crippen molar-refractivity contribution in [3.05, 3.63) is 11.6 Å². The maximum absolute atomic E-state index is 4.68. The van der Waals surface area contributed by atoms with Crippen molar-refractivity contribution in [1.82, 2.24) is 20.1 Å². The van der Waals surface area contributed by atoms with E-state index < -0.39 is 0 Å². The Bertz CT molecular complexity index is 457. The molecule has 2 heterocycles. The summed E-state index contributed by atoms with van der Waals surface area (Å²) in [4.78, 5) is 0. The van der Waals surface area contributed by atoms with E-state index in [1.54, 1.807) is 0 Å². The van der Waals surface area contributed by atoms with Gasteiger partial charge in [0.05, 0.1) is 6.04 Å². The van der Waals surface area contributed by atoms with Crippen molar-refractivity contribution < 1.29 is 0 Å². The summed E-state index contributed by atoms with van der Waals surface area (Å²) in [5, 5.41) is 12.8. The molecular weight excluding hydrogens is 248 g/mol. The Balaban J connectivity index is 1.98. The van der Waals surface area contributed by atoms with Gasteiger partial charge in [-0.3, -0.25) is 0 Å². The lowest BCUT2D eigenvalue weighted by Gasteiger charge is -2.32. The van der Waals surface area contributed by atoms with E-state index in [-0.39, 0.29) is 0 Å². The molecule has 112 valence electrons. The van der Waals surface area contributed by atoms with Crippen LogP contribution in [0.4, 0.5) is 0 Å². The molecule has 1 aliphatic carbocycles. The Morgan fingerprint density at radius 3 is 2.70 bits per heavy atom. The minimum Gasteiger partial charge on any atom is -0.312 e. The number of nitrogens with zero attached hydrogens (tertiary/aromatic N) is 3. The number of hydrogen-bond donors (Lipinski definition) is 1. The zero-order valence-electron chi connectivity index (χ0n) is 13.2. The molecule has 3 rings (SSSR count). The molecule has 0 spiro atoms. The highest BCUT2D eigenvalue weighted by atomic mass is 15.3. The fourth-order valence-electron chi connectivity index (χ4n) is 4.31. The number of rotatable bonds is 4. The van der Waals surface area contributed by atoms with E-state index in [9.17, 15) is 0 Å². The van der Waals surface area contributed by atoms with Gasteiger partial charge in [-0.05, 0) is 31.6 Å².